The van der Waals surface area contributed by atoms with Crippen molar-refractivity contribution in [2.45, 2.75) is 13.0 Å². The minimum Gasteiger partial charge on any atom is -0.454 e. The highest BCUT2D eigenvalue weighted by Gasteiger charge is 2.21. The van der Waals surface area contributed by atoms with Crippen LogP contribution in [0.5, 0.6) is 11.5 Å². The number of fused-ring (bicyclic) bond motifs is 1. The SMILES string of the molecule is CC(Nc1ccc(C(=O)Nc2nc(-c3ccc4c(c3)OCO4)cs2)cc1[N+](=O)[O-])c1ccccn1. The van der Waals surface area contributed by atoms with Crippen LogP contribution in [0.4, 0.5) is 16.5 Å². The first kappa shape index (κ1) is 22.3. The average Bonchev–Trinajstić information content (AvgIpc) is 3.53. The van der Waals surface area contributed by atoms with Gasteiger partial charge in [0.15, 0.2) is 16.6 Å². The van der Waals surface area contributed by atoms with E-state index < -0.39 is 10.8 Å². The fourth-order valence-electron chi connectivity index (χ4n) is 3.57. The second kappa shape index (κ2) is 9.39. The Balaban J connectivity index is 1.32. The molecule has 0 aliphatic carbocycles. The molecule has 1 aliphatic heterocycles. The number of aromatic nitrogens is 2. The number of amides is 1. The molecule has 2 aromatic heterocycles. The predicted molar refractivity (Wildman–Crippen MR) is 131 cm³/mol. The predicted octanol–water partition coefficient (Wildman–Crippen LogP) is 5.27. The van der Waals surface area contributed by atoms with Crippen molar-refractivity contribution in [3.63, 3.8) is 0 Å². The van der Waals surface area contributed by atoms with Crippen LogP contribution >= 0.6 is 11.3 Å². The van der Waals surface area contributed by atoms with Gasteiger partial charge in [-0.25, -0.2) is 4.98 Å². The number of pyridine rings is 1. The van der Waals surface area contributed by atoms with Gasteiger partial charge in [0.2, 0.25) is 6.79 Å². The van der Waals surface area contributed by atoms with Crippen molar-refractivity contribution in [2.75, 3.05) is 17.4 Å². The molecule has 0 fully saturated rings. The molecule has 35 heavy (non-hydrogen) atoms. The summed E-state index contributed by atoms with van der Waals surface area (Å²) in [6, 6.07) is 15.0. The summed E-state index contributed by atoms with van der Waals surface area (Å²) in [6.45, 7) is 2.03. The van der Waals surface area contributed by atoms with E-state index >= 15 is 0 Å². The number of hydrogen-bond donors (Lipinski definition) is 2. The summed E-state index contributed by atoms with van der Waals surface area (Å²) in [5.74, 6) is 0.815. The van der Waals surface area contributed by atoms with E-state index in [9.17, 15) is 14.9 Å². The van der Waals surface area contributed by atoms with Crippen molar-refractivity contribution in [2.24, 2.45) is 0 Å². The number of carbonyl (C=O) groups excluding carboxylic acids is 1. The van der Waals surface area contributed by atoms with Crippen LogP contribution in [-0.4, -0.2) is 27.6 Å². The van der Waals surface area contributed by atoms with Gasteiger partial charge >= 0.3 is 0 Å². The number of thiazole rings is 1. The Morgan fingerprint density at radius 2 is 2.00 bits per heavy atom. The quantitative estimate of drug-likeness (QED) is 0.265. The number of nitro groups is 1. The average molecular weight is 490 g/mol. The second-order valence-electron chi connectivity index (χ2n) is 7.67. The molecule has 1 atom stereocenters. The first-order valence-corrected chi connectivity index (χ1v) is 11.5. The van der Waals surface area contributed by atoms with Crippen molar-refractivity contribution in [3.05, 3.63) is 87.5 Å². The van der Waals surface area contributed by atoms with Gasteiger partial charge in [-0.05, 0) is 49.4 Å². The van der Waals surface area contributed by atoms with Crippen LogP contribution in [0.2, 0.25) is 0 Å². The van der Waals surface area contributed by atoms with Gasteiger partial charge < -0.3 is 14.8 Å². The van der Waals surface area contributed by atoms with Gasteiger partial charge in [-0.2, -0.15) is 0 Å². The molecule has 1 unspecified atom stereocenters. The molecule has 0 spiro atoms. The Kier molecular flexibility index (Phi) is 5.98. The number of benzene rings is 2. The van der Waals surface area contributed by atoms with Gasteiger partial charge in [-0.1, -0.05) is 6.07 Å². The van der Waals surface area contributed by atoms with E-state index in [-0.39, 0.29) is 24.1 Å². The highest BCUT2D eigenvalue weighted by molar-refractivity contribution is 7.14. The van der Waals surface area contributed by atoms with E-state index in [1.807, 2.05) is 36.6 Å². The number of hydrogen-bond acceptors (Lipinski definition) is 9. The topological polar surface area (TPSA) is 129 Å². The normalized spacial score (nSPS) is 12.7. The zero-order valence-corrected chi connectivity index (χ0v) is 19.2. The third-order valence-corrected chi connectivity index (χ3v) is 6.11. The number of nitrogens with zero attached hydrogens (tertiary/aromatic N) is 3. The van der Waals surface area contributed by atoms with E-state index in [0.717, 1.165) is 11.3 Å². The Labute approximate surface area is 203 Å². The lowest BCUT2D eigenvalue weighted by Gasteiger charge is -2.15. The first-order valence-electron chi connectivity index (χ1n) is 10.6. The minimum atomic E-state index is -0.522. The number of carbonyl (C=O) groups is 1. The molecular formula is C24H19N5O5S. The van der Waals surface area contributed by atoms with Crippen molar-refractivity contribution >= 4 is 33.8 Å². The highest BCUT2D eigenvalue weighted by atomic mass is 32.1. The summed E-state index contributed by atoms with van der Waals surface area (Å²) in [4.78, 5) is 32.7. The summed E-state index contributed by atoms with van der Waals surface area (Å²) in [5, 5.41) is 19.7. The molecule has 1 aliphatic rings. The number of nitro benzene ring substituents is 1. The molecule has 2 N–H and O–H groups in total. The minimum absolute atomic E-state index is 0.146. The lowest BCUT2D eigenvalue weighted by Crippen LogP contribution is -2.13. The molecule has 4 aromatic rings. The maximum Gasteiger partial charge on any atom is 0.293 e. The van der Waals surface area contributed by atoms with Gasteiger partial charge in [0, 0.05) is 28.8 Å². The van der Waals surface area contributed by atoms with Crippen LogP contribution in [0.25, 0.3) is 11.3 Å². The largest absolute Gasteiger partial charge is 0.454 e. The lowest BCUT2D eigenvalue weighted by molar-refractivity contribution is -0.384. The molecule has 176 valence electrons. The Bertz CT molecular complexity index is 1410. The molecular weight excluding hydrogens is 470 g/mol. The van der Waals surface area contributed by atoms with E-state index in [1.54, 1.807) is 18.3 Å². The maximum atomic E-state index is 12.8. The van der Waals surface area contributed by atoms with Crippen LogP contribution in [0, 0.1) is 10.1 Å². The summed E-state index contributed by atoms with van der Waals surface area (Å²) >= 11 is 1.25. The van der Waals surface area contributed by atoms with E-state index in [0.29, 0.717) is 28.0 Å². The molecule has 3 heterocycles. The molecule has 0 bridgehead atoms. The first-order chi connectivity index (χ1) is 17.0. The third kappa shape index (κ3) is 4.75. The fourth-order valence-corrected chi connectivity index (χ4v) is 4.29. The molecule has 10 nitrogen and oxygen atoms in total. The summed E-state index contributed by atoms with van der Waals surface area (Å²) in [5.41, 5.74) is 2.46. The lowest BCUT2D eigenvalue weighted by atomic mass is 10.1. The standard InChI is InChI=1S/C24H19N5O5S/c1-14(17-4-2-3-9-25-17)26-18-7-5-16(10-20(18)29(31)32)23(30)28-24-27-19(12-35-24)15-6-8-21-22(11-15)34-13-33-21/h2-12,14,26H,13H2,1H3,(H,27,28,30). The molecule has 0 saturated heterocycles. The van der Waals surface area contributed by atoms with Crippen molar-refractivity contribution in [1.82, 2.24) is 9.97 Å². The molecule has 5 rings (SSSR count). The fraction of sp³-hybridized carbons (Fsp3) is 0.125. The van der Waals surface area contributed by atoms with Crippen molar-refractivity contribution in [3.8, 4) is 22.8 Å². The monoisotopic (exact) mass is 489 g/mol. The molecule has 0 radical (unpaired) electrons. The Morgan fingerprint density at radius 1 is 1.14 bits per heavy atom. The van der Waals surface area contributed by atoms with Gasteiger partial charge in [0.1, 0.15) is 5.69 Å². The van der Waals surface area contributed by atoms with Gasteiger partial charge in [-0.15, -0.1) is 11.3 Å². The Morgan fingerprint density at radius 3 is 2.80 bits per heavy atom. The number of anilines is 2. The molecule has 1 amide bonds. The summed E-state index contributed by atoms with van der Waals surface area (Å²) in [6.07, 6.45) is 1.66. The molecule has 0 saturated carbocycles. The molecule has 2 aromatic carbocycles. The number of rotatable bonds is 7. The van der Waals surface area contributed by atoms with Crippen molar-refractivity contribution in [1.29, 1.82) is 0 Å². The van der Waals surface area contributed by atoms with Crippen LogP contribution in [0.1, 0.15) is 29.0 Å². The zero-order valence-electron chi connectivity index (χ0n) is 18.4. The maximum absolute atomic E-state index is 12.8. The van der Waals surface area contributed by atoms with Crippen LogP contribution in [0.15, 0.2) is 66.2 Å². The smallest absolute Gasteiger partial charge is 0.293 e. The van der Waals surface area contributed by atoms with Gasteiger partial charge in [0.25, 0.3) is 11.6 Å². The van der Waals surface area contributed by atoms with E-state index in [1.165, 1.54) is 29.5 Å². The van der Waals surface area contributed by atoms with Crippen LogP contribution in [-0.2, 0) is 0 Å². The Hall–Kier alpha value is -4.51. The summed E-state index contributed by atoms with van der Waals surface area (Å²) < 4.78 is 10.7. The number of ether oxygens (including phenoxy) is 2. The zero-order chi connectivity index (χ0) is 24.4. The number of nitrogens with one attached hydrogen (secondary N) is 2. The van der Waals surface area contributed by atoms with Crippen LogP contribution < -0.4 is 20.1 Å². The van der Waals surface area contributed by atoms with E-state index in [2.05, 4.69) is 20.6 Å². The second-order valence-corrected chi connectivity index (χ2v) is 8.53. The molecule has 11 heteroatoms. The highest BCUT2D eigenvalue weighted by Crippen LogP contribution is 2.36. The van der Waals surface area contributed by atoms with Crippen molar-refractivity contribution < 1.29 is 19.2 Å². The van der Waals surface area contributed by atoms with Crippen LogP contribution in [0.3, 0.4) is 0 Å². The van der Waals surface area contributed by atoms with Gasteiger partial charge in [0.05, 0.1) is 22.4 Å². The van der Waals surface area contributed by atoms with E-state index in [4.69, 9.17) is 9.47 Å². The third-order valence-electron chi connectivity index (χ3n) is 5.35. The van der Waals surface area contributed by atoms with Gasteiger partial charge in [-0.3, -0.25) is 25.2 Å². The summed E-state index contributed by atoms with van der Waals surface area (Å²) in [7, 11) is 0.